The first-order chi connectivity index (χ1) is 7.80. The van der Waals surface area contributed by atoms with E-state index in [4.69, 9.17) is 0 Å². The number of ketones is 1. The van der Waals surface area contributed by atoms with Crippen molar-refractivity contribution >= 4 is 5.78 Å². The van der Waals surface area contributed by atoms with Gasteiger partial charge in [-0.2, -0.15) is 26.3 Å². The quantitative estimate of drug-likeness (QED) is 0.484. The summed E-state index contributed by atoms with van der Waals surface area (Å²) in [5, 5.41) is 9.18. The zero-order valence-corrected chi connectivity index (χ0v) is 9.78. The van der Waals surface area contributed by atoms with Crippen molar-refractivity contribution < 1.29 is 36.2 Å². The van der Waals surface area contributed by atoms with Crippen LogP contribution in [0.15, 0.2) is 11.3 Å². The monoisotopic (exact) mass is 278 g/mol. The molecular formula is C10H12F6O2. The maximum absolute atomic E-state index is 12.2. The summed E-state index contributed by atoms with van der Waals surface area (Å²) in [5.41, 5.74) is -0.926. The Labute approximate surface area is 99.3 Å². The largest absolute Gasteiger partial charge is 0.511 e. The van der Waals surface area contributed by atoms with Crippen LogP contribution >= 0.6 is 0 Å². The third-order valence-corrected chi connectivity index (χ3v) is 2.54. The molecule has 0 spiro atoms. The number of halogens is 6. The van der Waals surface area contributed by atoms with Crippen molar-refractivity contribution in [3.8, 4) is 0 Å². The van der Waals surface area contributed by atoms with Crippen LogP contribution in [0.3, 0.4) is 0 Å². The highest BCUT2D eigenvalue weighted by Gasteiger charge is 2.44. The molecule has 0 radical (unpaired) electrons. The van der Waals surface area contributed by atoms with Crippen LogP contribution in [0, 0.1) is 11.8 Å². The molecule has 0 aromatic heterocycles. The van der Waals surface area contributed by atoms with Crippen LogP contribution in [0.4, 0.5) is 26.3 Å². The van der Waals surface area contributed by atoms with Crippen LogP contribution in [0.25, 0.3) is 0 Å². The fourth-order valence-electron chi connectivity index (χ4n) is 1.08. The lowest BCUT2D eigenvalue weighted by Crippen LogP contribution is -2.30. The zero-order valence-electron chi connectivity index (χ0n) is 9.78. The summed E-state index contributed by atoms with van der Waals surface area (Å²) in [6.07, 6.45) is -9.69. The molecule has 0 saturated carbocycles. The van der Waals surface area contributed by atoms with E-state index < -0.39 is 41.3 Å². The van der Waals surface area contributed by atoms with E-state index >= 15 is 0 Å². The molecule has 0 saturated heterocycles. The molecule has 18 heavy (non-hydrogen) atoms. The average molecular weight is 278 g/mol. The lowest BCUT2D eigenvalue weighted by atomic mass is 9.95. The van der Waals surface area contributed by atoms with E-state index in [1.54, 1.807) is 0 Å². The lowest BCUT2D eigenvalue weighted by Gasteiger charge is -2.19. The number of allylic oxidation sites excluding steroid dienone is 2. The minimum Gasteiger partial charge on any atom is -0.511 e. The van der Waals surface area contributed by atoms with Crippen molar-refractivity contribution in [2.45, 2.75) is 33.1 Å². The van der Waals surface area contributed by atoms with Gasteiger partial charge in [-0.25, -0.2) is 0 Å². The molecule has 8 heteroatoms. The second-order valence-electron chi connectivity index (χ2n) is 3.90. The van der Waals surface area contributed by atoms with Gasteiger partial charge in [-0.15, -0.1) is 0 Å². The number of aliphatic hydroxyl groups is 1. The summed E-state index contributed by atoms with van der Waals surface area (Å²) in [5.74, 6) is -7.80. The molecule has 0 amide bonds. The minimum absolute atomic E-state index is 0.525. The van der Waals surface area contributed by atoms with Gasteiger partial charge in [0.15, 0.2) is 5.78 Å². The molecular weight excluding hydrogens is 266 g/mol. The number of carbonyl (C=O) groups is 1. The zero-order chi connectivity index (χ0) is 14.9. The SMILES string of the molecule is C/C(C(=O)C(C)C(F)(F)F)=C(/O)C(C)C(F)(F)F. The Kier molecular flexibility index (Phi) is 4.84. The Bertz CT molecular complexity index is 352. The van der Waals surface area contributed by atoms with E-state index in [1.165, 1.54) is 0 Å². The Balaban J connectivity index is 5.26. The number of aliphatic hydroxyl groups excluding tert-OH is 1. The summed E-state index contributed by atoms with van der Waals surface area (Å²) < 4.78 is 73.3. The third-order valence-electron chi connectivity index (χ3n) is 2.54. The second-order valence-corrected chi connectivity index (χ2v) is 3.90. The van der Waals surface area contributed by atoms with Crippen LogP contribution in [0.2, 0.25) is 0 Å². The first kappa shape index (κ1) is 16.8. The van der Waals surface area contributed by atoms with Gasteiger partial charge in [0.25, 0.3) is 0 Å². The highest BCUT2D eigenvalue weighted by Crippen LogP contribution is 2.34. The molecule has 0 aliphatic rings. The van der Waals surface area contributed by atoms with E-state index in [1.807, 2.05) is 0 Å². The lowest BCUT2D eigenvalue weighted by molar-refractivity contribution is -0.175. The van der Waals surface area contributed by atoms with Crippen molar-refractivity contribution in [2.75, 3.05) is 0 Å². The molecule has 2 nitrogen and oxygen atoms in total. The molecule has 0 heterocycles. The molecule has 0 bridgehead atoms. The van der Waals surface area contributed by atoms with Crippen LogP contribution in [0.1, 0.15) is 20.8 Å². The van der Waals surface area contributed by atoms with Gasteiger partial charge in [-0.1, -0.05) is 0 Å². The first-order valence-electron chi connectivity index (χ1n) is 4.87. The van der Waals surface area contributed by atoms with Crippen LogP contribution < -0.4 is 0 Å². The van der Waals surface area contributed by atoms with Gasteiger partial charge in [0, 0.05) is 5.57 Å². The van der Waals surface area contributed by atoms with Crippen molar-refractivity contribution in [3.05, 3.63) is 11.3 Å². The molecule has 0 aromatic rings. The molecule has 0 aliphatic carbocycles. The fraction of sp³-hybridized carbons (Fsp3) is 0.700. The maximum Gasteiger partial charge on any atom is 0.398 e. The van der Waals surface area contributed by atoms with Crippen LogP contribution in [-0.4, -0.2) is 23.2 Å². The van der Waals surface area contributed by atoms with Crippen LogP contribution in [0.5, 0.6) is 0 Å². The van der Waals surface area contributed by atoms with Gasteiger partial charge in [-0.3, -0.25) is 4.79 Å². The highest BCUT2D eigenvalue weighted by atomic mass is 19.4. The number of carbonyl (C=O) groups excluding carboxylic acids is 1. The van der Waals surface area contributed by atoms with E-state index in [9.17, 15) is 36.2 Å². The third kappa shape index (κ3) is 3.92. The Hall–Kier alpha value is -1.21. The molecule has 0 rings (SSSR count). The summed E-state index contributed by atoms with van der Waals surface area (Å²) >= 11 is 0. The molecule has 1 N–H and O–H groups in total. The van der Waals surface area contributed by atoms with E-state index in [2.05, 4.69) is 0 Å². The van der Waals surface area contributed by atoms with Gasteiger partial charge in [-0.05, 0) is 20.8 Å². The Morgan fingerprint density at radius 3 is 1.56 bits per heavy atom. The molecule has 0 fully saturated rings. The molecule has 0 aromatic carbocycles. The number of hydrogen-bond acceptors (Lipinski definition) is 2. The van der Waals surface area contributed by atoms with Gasteiger partial charge >= 0.3 is 12.4 Å². The summed E-state index contributed by atoms with van der Waals surface area (Å²) in [4.78, 5) is 11.3. The number of alkyl halides is 6. The number of rotatable bonds is 3. The average Bonchev–Trinajstić information content (AvgIpc) is 2.21. The predicted octanol–water partition coefficient (Wildman–Crippen LogP) is 3.78. The summed E-state index contributed by atoms with van der Waals surface area (Å²) in [6, 6.07) is 0. The van der Waals surface area contributed by atoms with E-state index in [0.29, 0.717) is 13.8 Å². The molecule has 2 atom stereocenters. The number of Topliss-reactive ketones (excluding diaryl/α,β-unsaturated/α-hetero) is 1. The maximum atomic E-state index is 12.2. The van der Waals surface area contributed by atoms with Crippen molar-refractivity contribution in [3.63, 3.8) is 0 Å². The smallest absolute Gasteiger partial charge is 0.398 e. The molecule has 2 unspecified atom stereocenters. The summed E-state index contributed by atoms with van der Waals surface area (Å²) in [7, 11) is 0. The fourth-order valence-corrected chi connectivity index (χ4v) is 1.08. The molecule has 0 aliphatic heterocycles. The topological polar surface area (TPSA) is 37.3 Å². The van der Waals surface area contributed by atoms with E-state index in [-0.39, 0.29) is 0 Å². The normalized spacial score (nSPS) is 18.1. The van der Waals surface area contributed by atoms with Gasteiger partial charge in [0.2, 0.25) is 0 Å². The number of hydrogen-bond donors (Lipinski definition) is 1. The van der Waals surface area contributed by atoms with Crippen LogP contribution in [-0.2, 0) is 4.79 Å². The van der Waals surface area contributed by atoms with Gasteiger partial charge in [0.1, 0.15) is 17.6 Å². The van der Waals surface area contributed by atoms with E-state index in [0.717, 1.165) is 6.92 Å². The van der Waals surface area contributed by atoms with Gasteiger partial charge < -0.3 is 5.11 Å². The van der Waals surface area contributed by atoms with Crippen molar-refractivity contribution in [1.29, 1.82) is 0 Å². The van der Waals surface area contributed by atoms with Crippen molar-refractivity contribution in [1.82, 2.24) is 0 Å². The van der Waals surface area contributed by atoms with Crippen molar-refractivity contribution in [2.24, 2.45) is 11.8 Å². The highest BCUT2D eigenvalue weighted by molar-refractivity contribution is 5.97. The summed E-state index contributed by atoms with van der Waals surface area (Å²) in [6.45, 7) is 1.82. The minimum atomic E-state index is -4.86. The molecule has 106 valence electrons. The standard InChI is InChI=1S/C10H12F6O2/c1-4(7(17)5(2)9(11,12)13)8(18)6(3)10(14,15)16/h5-6,17H,1-3H3/b7-4-. The second kappa shape index (κ2) is 5.19. The predicted molar refractivity (Wildman–Crippen MR) is 50.8 cm³/mol. The first-order valence-corrected chi connectivity index (χ1v) is 4.87. The Morgan fingerprint density at radius 1 is 0.944 bits per heavy atom. The van der Waals surface area contributed by atoms with Gasteiger partial charge in [0.05, 0.1) is 0 Å². The Morgan fingerprint density at radius 2 is 1.28 bits per heavy atom.